The first-order valence-corrected chi connectivity index (χ1v) is 7.81. The Morgan fingerprint density at radius 1 is 1.47 bits per heavy atom. The number of hydrogen-bond donors (Lipinski definition) is 1. The summed E-state index contributed by atoms with van der Waals surface area (Å²) in [6.07, 6.45) is 2.58. The summed E-state index contributed by atoms with van der Waals surface area (Å²) in [4.78, 5) is 11.0. The average molecular weight is 258 g/mol. The third kappa shape index (κ3) is 1.89. The SMILES string of the molecule is CC(=O)CS(=O)C[C@@]12CC[C@@H](C[C@@H]1O)C2(C)C. The van der Waals surface area contributed by atoms with Gasteiger partial charge in [-0.2, -0.15) is 0 Å². The first-order valence-electron chi connectivity index (χ1n) is 6.32. The molecular weight excluding hydrogens is 236 g/mol. The molecule has 0 saturated heterocycles. The van der Waals surface area contributed by atoms with Crippen LogP contribution in [-0.4, -0.2) is 32.7 Å². The zero-order valence-corrected chi connectivity index (χ0v) is 11.7. The molecule has 2 saturated carbocycles. The molecule has 4 heteroatoms. The summed E-state index contributed by atoms with van der Waals surface area (Å²) in [6.45, 7) is 5.85. The van der Waals surface area contributed by atoms with Crippen molar-refractivity contribution in [3.8, 4) is 0 Å². The second-order valence-corrected chi connectivity index (χ2v) is 7.75. The smallest absolute Gasteiger partial charge is 0.142 e. The second kappa shape index (κ2) is 4.16. The zero-order valence-electron chi connectivity index (χ0n) is 10.9. The van der Waals surface area contributed by atoms with Gasteiger partial charge in [0, 0.05) is 22.0 Å². The normalized spacial score (nSPS) is 40.5. The van der Waals surface area contributed by atoms with Gasteiger partial charge in [0.1, 0.15) is 5.78 Å². The fraction of sp³-hybridized carbons (Fsp3) is 0.923. The predicted octanol–water partition coefficient (Wildman–Crippen LogP) is 1.51. The molecule has 0 aromatic rings. The largest absolute Gasteiger partial charge is 0.392 e. The molecule has 2 aliphatic carbocycles. The van der Waals surface area contributed by atoms with Gasteiger partial charge in [-0.15, -0.1) is 0 Å². The van der Waals surface area contributed by atoms with E-state index < -0.39 is 10.8 Å². The van der Waals surface area contributed by atoms with Crippen LogP contribution in [0.3, 0.4) is 0 Å². The maximum atomic E-state index is 12.0. The van der Waals surface area contributed by atoms with E-state index in [1.807, 2.05) is 0 Å². The number of aliphatic hydroxyl groups excluding tert-OH is 1. The third-order valence-electron chi connectivity index (χ3n) is 5.17. The van der Waals surface area contributed by atoms with Crippen molar-refractivity contribution >= 4 is 16.6 Å². The summed E-state index contributed by atoms with van der Waals surface area (Å²) in [7, 11) is -1.13. The van der Waals surface area contributed by atoms with E-state index in [2.05, 4.69) is 13.8 Å². The molecule has 0 heterocycles. The Hall–Kier alpha value is -0.220. The molecule has 2 fully saturated rings. The minimum atomic E-state index is -1.13. The van der Waals surface area contributed by atoms with E-state index in [0.29, 0.717) is 11.7 Å². The molecule has 4 atom stereocenters. The van der Waals surface area contributed by atoms with E-state index in [0.717, 1.165) is 19.3 Å². The number of hydrogen-bond acceptors (Lipinski definition) is 3. The summed E-state index contributed by atoms with van der Waals surface area (Å²) >= 11 is 0. The quantitative estimate of drug-likeness (QED) is 0.831. The van der Waals surface area contributed by atoms with Crippen LogP contribution < -0.4 is 0 Å². The van der Waals surface area contributed by atoms with Gasteiger partial charge >= 0.3 is 0 Å². The van der Waals surface area contributed by atoms with Crippen molar-refractivity contribution in [2.75, 3.05) is 11.5 Å². The highest BCUT2D eigenvalue weighted by atomic mass is 32.2. The summed E-state index contributed by atoms with van der Waals surface area (Å²) in [5.41, 5.74) is -0.170. The van der Waals surface area contributed by atoms with Crippen molar-refractivity contribution in [2.45, 2.75) is 46.1 Å². The van der Waals surface area contributed by atoms with E-state index in [1.165, 1.54) is 6.92 Å². The van der Waals surface area contributed by atoms with Gasteiger partial charge in [-0.05, 0) is 37.5 Å². The van der Waals surface area contributed by atoms with Crippen LogP contribution in [-0.2, 0) is 15.6 Å². The maximum Gasteiger partial charge on any atom is 0.142 e. The van der Waals surface area contributed by atoms with Crippen molar-refractivity contribution < 1.29 is 14.1 Å². The van der Waals surface area contributed by atoms with Crippen molar-refractivity contribution in [3.05, 3.63) is 0 Å². The monoisotopic (exact) mass is 258 g/mol. The van der Waals surface area contributed by atoms with Crippen molar-refractivity contribution in [3.63, 3.8) is 0 Å². The van der Waals surface area contributed by atoms with Crippen LogP contribution in [0.5, 0.6) is 0 Å². The molecule has 0 aromatic carbocycles. The van der Waals surface area contributed by atoms with Crippen LogP contribution in [0.15, 0.2) is 0 Å². The van der Waals surface area contributed by atoms with Gasteiger partial charge in [-0.3, -0.25) is 9.00 Å². The van der Waals surface area contributed by atoms with Gasteiger partial charge < -0.3 is 5.11 Å². The lowest BCUT2D eigenvalue weighted by molar-refractivity contribution is -0.114. The Kier molecular flexibility index (Phi) is 3.24. The highest BCUT2D eigenvalue weighted by Crippen LogP contribution is 2.65. The molecule has 0 aromatic heterocycles. The number of rotatable bonds is 4. The predicted molar refractivity (Wildman–Crippen MR) is 68.1 cm³/mol. The Morgan fingerprint density at radius 3 is 2.53 bits per heavy atom. The Bertz CT molecular complexity index is 364. The molecule has 98 valence electrons. The molecule has 3 nitrogen and oxygen atoms in total. The van der Waals surface area contributed by atoms with Gasteiger partial charge in [0.15, 0.2) is 0 Å². The van der Waals surface area contributed by atoms with Crippen LogP contribution in [0, 0.1) is 16.7 Å². The molecular formula is C13H22O3S. The van der Waals surface area contributed by atoms with Crippen LogP contribution >= 0.6 is 0 Å². The van der Waals surface area contributed by atoms with Gasteiger partial charge in [0.05, 0.1) is 11.9 Å². The number of ketones is 1. The molecule has 2 bridgehead atoms. The van der Waals surface area contributed by atoms with Crippen LogP contribution in [0.2, 0.25) is 0 Å². The molecule has 1 N–H and O–H groups in total. The Labute approximate surface area is 105 Å². The van der Waals surface area contributed by atoms with E-state index in [1.54, 1.807) is 0 Å². The molecule has 0 aliphatic heterocycles. The van der Waals surface area contributed by atoms with Gasteiger partial charge in [-0.25, -0.2) is 0 Å². The standard InChI is InChI=1S/C13H22O3S/c1-9(14)7-17(16)8-13-5-4-10(6-11(13)15)12(13,2)3/h10-11,15H,4-8H2,1-3H3/t10-,11-,13-,17?/m0/s1. The minimum absolute atomic E-state index is 0.0282. The fourth-order valence-corrected chi connectivity index (χ4v) is 5.78. The van der Waals surface area contributed by atoms with Crippen LogP contribution in [0.1, 0.15) is 40.0 Å². The number of carbonyl (C=O) groups excluding carboxylic acids is 1. The maximum absolute atomic E-state index is 12.0. The van der Waals surface area contributed by atoms with Crippen LogP contribution in [0.4, 0.5) is 0 Å². The summed E-state index contributed by atoms with van der Waals surface area (Å²) < 4.78 is 12.0. The highest BCUT2D eigenvalue weighted by Gasteiger charge is 2.63. The minimum Gasteiger partial charge on any atom is -0.392 e. The zero-order chi connectivity index (χ0) is 12.8. The molecule has 2 aliphatic rings. The topological polar surface area (TPSA) is 54.4 Å². The summed E-state index contributed by atoms with van der Waals surface area (Å²) in [6, 6.07) is 0. The number of aliphatic hydroxyl groups is 1. The first-order chi connectivity index (χ1) is 7.79. The molecule has 0 radical (unpaired) electrons. The summed E-state index contributed by atoms with van der Waals surface area (Å²) in [5.74, 6) is 1.14. The van der Waals surface area contributed by atoms with Crippen molar-refractivity contribution in [1.82, 2.24) is 0 Å². The molecule has 17 heavy (non-hydrogen) atoms. The van der Waals surface area contributed by atoms with Gasteiger partial charge in [0.25, 0.3) is 0 Å². The molecule has 0 amide bonds. The van der Waals surface area contributed by atoms with E-state index in [9.17, 15) is 14.1 Å². The van der Waals surface area contributed by atoms with Crippen LogP contribution in [0.25, 0.3) is 0 Å². The lowest BCUT2D eigenvalue weighted by atomic mass is 9.70. The molecule has 2 rings (SSSR count). The van der Waals surface area contributed by atoms with E-state index >= 15 is 0 Å². The fourth-order valence-electron chi connectivity index (χ4n) is 3.94. The summed E-state index contributed by atoms with van der Waals surface area (Å²) in [5, 5.41) is 10.3. The van der Waals surface area contributed by atoms with E-state index in [-0.39, 0.29) is 28.5 Å². The third-order valence-corrected chi connectivity index (χ3v) is 6.74. The lowest BCUT2D eigenvalue weighted by Crippen LogP contribution is -2.43. The van der Waals surface area contributed by atoms with Gasteiger partial charge in [-0.1, -0.05) is 13.8 Å². The highest BCUT2D eigenvalue weighted by molar-refractivity contribution is 7.85. The van der Waals surface area contributed by atoms with Crippen molar-refractivity contribution in [1.29, 1.82) is 0 Å². The first kappa shape index (κ1) is 13.2. The van der Waals surface area contributed by atoms with Crippen molar-refractivity contribution in [2.24, 2.45) is 16.7 Å². The second-order valence-electron chi connectivity index (χ2n) is 6.30. The van der Waals surface area contributed by atoms with E-state index in [4.69, 9.17) is 0 Å². The van der Waals surface area contributed by atoms with Gasteiger partial charge in [0.2, 0.25) is 0 Å². The number of carbonyl (C=O) groups is 1. The lowest BCUT2D eigenvalue weighted by Gasteiger charge is -2.40. The average Bonchev–Trinajstić information content (AvgIpc) is 2.49. The molecule has 1 unspecified atom stereocenters. The molecule has 0 spiro atoms. The number of Topliss-reactive ketones (excluding diaryl/α,β-unsaturated/α-hetero) is 1. The Morgan fingerprint density at radius 2 is 2.12 bits per heavy atom. The number of fused-ring (bicyclic) bond motifs is 2. The Balaban J connectivity index is 2.17.